The summed E-state index contributed by atoms with van der Waals surface area (Å²) in [5.74, 6) is -0.0684. The van der Waals surface area contributed by atoms with Gasteiger partial charge in [-0.1, -0.05) is 12.1 Å². The summed E-state index contributed by atoms with van der Waals surface area (Å²) >= 11 is 0. The fraction of sp³-hybridized carbons (Fsp3) is 0.400. The summed E-state index contributed by atoms with van der Waals surface area (Å²) < 4.78 is 28.1. The van der Waals surface area contributed by atoms with Crippen molar-refractivity contribution in [3.05, 3.63) is 23.8 Å². The third-order valence-corrected chi connectivity index (χ3v) is 3.50. The van der Waals surface area contributed by atoms with Gasteiger partial charge in [-0.05, 0) is 31.4 Å². The van der Waals surface area contributed by atoms with Gasteiger partial charge >= 0.3 is 0 Å². The van der Waals surface area contributed by atoms with Crippen LogP contribution in [0, 0.1) is 6.92 Å². The maximum Gasteiger partial charge on any atom is 0.299 e. The number of hydrogen-bond acceptors (Lipinski definition) is 3. The zero-order valence-corrected chi connectivity index (χ0v) is 9.71. The van der Waals surface area contributed by atoms with E-state index < -0.39 is 10.2 Å². The Morgan fingerprint density at radius 1 is 1.38 bits per heavy atom. The van der Waals surface area contributed by atoms with Crippen LogP contribution >= 0.6 is 0 Å². The quantitative estimate of drug-likeness (QED) is 0.692. The van der Waals surface area contributed by atoms with Crippen LogP contribution in [-0.2, 0) is 10.2 Å². The van der Waals surface area contributed by atoms with Crippen molar-refractivity contribution in [1.29, 1.82) is 0 Å². The smallest absolute Gasteiger partial charge is 0.299 e. The van der Waals surface area contributed by atoms with E-state index in [0.29, 0.717) is 5.56 Å². The van der Waals surface area contributed by atoms with Gasteiger partial charge in [0.2, 0.25) is 0 Å². The van der Waals surface area contributed by atoms with Crippen molar-refractivity contribution in [2.75, 3.05) is 4.72 Å². The van der Waals surface area contributed by atoms with E-state index in [2.05, 4.69) is 9.44 Å². The van der Waals surface area contributed by atoms with Crippen LogP contribution in [0.25, 0.3) is 0 Å². The molecule has 0 spiro atoms. The molecule has 88 valence electrons. The van der Waals surface area contributed by atoms with Gasteiger partial charge in [-0.25, -0.2) is 0 Å². The van der Waals surface area contributed by atoms with Crippen LogP contribution < -0.4 is 9.44 Å². The number of aromatic hydroxyl groups is 1. The van der Waals surface area contributed by atoms with E-state index in [-0.39, 0.29) is 17.5 Å². The summed E-state index contributed by atoms with van der Waals surface area (Å²) in [5, 5.41) is 9.55. The summed E-state index contributed by atoms with van der Waals surface area (Å²) in [5.41, 5.74) is 0.914. The molecular weight excluding hydrogens is 228 g/mol. The minimum absolute atomic E-state index is 0.0451. The highest BCUT2D eigenvalue weighted by Gasteiger charge is 2.27. The molecule has 3 N–H and O–H groups in total. The molecule has 0 unspecified atom stereocenters. The van der Waals surface area contributed by atoms with Crippen LogP contribution in [-0.4, -0.2) is 19.6 Å². The Hall–Kier alpha value is -1.27. The van der Waals surface area contributed by atoms with Crippen molar-refractivity contribution in [2.45, 2.75) is 25.8 Å². The first-order chi connectivity index (χ1) is 7.48. The van der Waals surface area contributed by atoms with E-state index in [1.807, 2.05) is 0 Å². The number of aryl methyl sites for hydroxylation is 1. The number of phenolic OH excluding ortho intramolecular Hbond substituents is 1. The first kappa shape index (κ1) is 11.2. The van der Waals surface area contributed by atoms with E-state index in [4.69, 9.17) is 0 Å². The van der Waals surface area contributed by atoms with Gasteiger partial charge in [-0.15, -0.1) is 0 Å². The van der Waals surface area contributed by atoms with Crippen LogP contribution in [0.5, 0.6) is 5.75 Å². The Kier molecular flexibility index (Phi) is 2.77. The maximum absolute atomic E-state index is 11.6. The fourth-order valence-corrected chi connectivity index (χ4v) is 2.64. The van der Waals surface area contributed by atoms with Crippen molar-refractivity contribution in [3.63, 3.8) is 0 Å². The molecule has 0 bridgehead atoms. The van der Waals surface area contributed by atoms with Gasteiger partial charge in [0.05, 0.1) is 5.69 Å². The van der Waals surface area contributed by atoms with Crippen molar-refractivity contribution in [3.8, 4) is 5.75 Å². The predicted octanol–water partition coefficient (Wildman–Crippen LogP) is 1.11. The Morgan fingerprint density at radius 3 is 2.62 bits per heavy atom. The molecule has 0 heterocycles. The van der Waals surface area contributed by atoms with Gasteiger partial charge in [0, 0.05) is 6.04 Å². The molecule has 1 saturated carbocycles. The predicted molar refractivity (Wildman–Crippen MR) is 61.5 cm³/mol. The molecule has 1 aromatic rings. The minimum atomic E-state index is -3.58. The molecule has 0 saturated heterocycles. The number of rotatable bonds is 4. The Morgan fingerprint density at radius 2 is 2.06 bits per heavy atom. The lowest BCUT2D eigenvalue weighted by molar-refractivity contribution is 0.477. The molecule has 0 radical (unpaired) electrons. The molecular formula is C10H14N2O3S. The Bertz CT molecular complexity index is 475. The standard InChI is InChI=1S/C10H14N2O3S/c1-7-3-2-4-9(13)10(7)12-16(14,15)11-8-5-6-8/h2-4,8,11-13H,5-6H2,1H3. The summed E-state index contributed by atoms with van der Waals surface area (Å²) in [6.07, 6.45) is 1.75. The van der Waals surface area contributed by atoms with Gasteiger partial charge in [0.25, 0.3) is 10.2 Å². The van der Waals surface area contributed by atoms with Gasteiger partial charge in [0.1, 0.15) is 5.75 Å². The molecule has 5 nitrogen and oxygen atoms in total. The van der Waals surface area contributed by atoms with Crippen molar-refractivity contribution < 1.29 is 13.5 Å². The van der Waals surface area contributed by atoms with Crippen molar-refractivity contribution >= 4 is 15.9 Å². The Balaban J connectivity index is 2.19. The third kappa shape index (κ3) is 2.65. The maximum atomic E-state index is 11.6. The number of para-hydroxylation sites is 1. The van der Waals surface area contributed by atoms with E-state index in [1.54, 1.807) is 19.1 Å². The summed E-state index contributed by atoms with van der Waals surface area (Å²) in [7, 11) is -3.58. The Labute approximate surface area is 94.7 Å². The first-order valence-electron chi connectivity index (χ1n) is 5.06. The number of anilines is 1. The molecule has 16 heavy (non-hydrogen) atoms. The molecule has 1 aliphatic carbocycles. The lowest BCUT2D eigenvalue weighted by Gasteiger charge is -2.12. The van der Waals surface area contributed by atoms with Gasteiger partial charge in [-0.2, -0.15) is 13.1 Å². The second-order valence-electron chi connectivity index (χ2n) is 3.97. The molecule has 0 aliphatic heterocycles. The second kappa shape index (κ2) is 3.95. The van der Waals surface area contributed by atoms with Crippen molar-refractivity contribution in [2.24, 2.45) is 0 Å². The molecule has 1 aromatic carbocycles. The first-order valence-corrected chi connectivity index (χ1v) is 6.55. The highest BCUT2D eigenvalue weighted by molar-refractivity contribution is 7.90. The highest BCUT2D eigenvalue weighted by atomic mass is 32.2. The monoisotopic (exact) mass is 242 g/mol. The van der Waals surface area contributed by atoms with Crippen LogP contribution in [0.4, 0.5) is 5.69 Å². The van der Waals surface area contributed by atoms with E-state index in [9.17, 15) is 13.5 Å². The fourth-order valence-electron chi connectivity index (χ4n) is 1.37. The molecule has 2 rings (SSSR count). The third-order valence-electron chi connectivity index (χ3n) is 2.39. The largest absolute Gasteiger partial charge is 0.506 e. The molecule has 1 aliphatic rings. The lowest BCUT2D eigenvalue weighted by Crippen LogP contribution is -2.32. The number of nitrogens with one attached hydrogen (secondary N) is 2. The summed E-state index contributed by atoms with van der Waals surface area (Å²) in [4.78, 5) is 0. The van der Waals surface area contributed by atoms with Crippen LogP contribution in [0.3, 0.4) is 0 Å². The van der Waals surface area contributed by atoms with Crippen LogP contribution in [0.15, 0.2) is 18.2 Å². The minimum Gasteiger partial charge on any atom is -0.506 e. The molecule has 0 aromatic heterocycles. The van der Waals surface area contributed by atoms with E-state index in [1.165, 1.54) is 6.07 Å². The molecule has 1 fully saturated rings. The SMILES string of the molecule is Cc1cccc(O)c1NS(=O)(=O)NC1CC1. The summed E-state index contributed by atoms with van der Waals surface area (Å²) in [6.45, 7) is 1.73. The highest BCUT2D eigenvalue weighted by Crippen LogP contribution is 2.28. The van der Waals surface area contributed by atoms with Crippen LogP contribution in [0.1, 0.15) is 18.4 Å². The molecule has 0 atom stereocenters. The average molecular weight is 242 g/mol. The number of benzene rings is 1. The number of phenols is 1. The summed E-state index contributed by atoms with van der Waals surface area (Å²) in [6, 6.07) is 4.89. The lowest BCUT2D eigenvalue weighted by atomic mass is 10.2. The van der Waals surface area contributed by atoms with E-state index >= 15 is 0 Å². The van der Waals surface area contributed by atoms with Gasteiger partial charge in [-0.3, -0.25) is 4.72 Å². The van der Waals surface area contributed by atoms with Gasteiger partial charge in [0.15, 0.2) is 0 Å². The zero-order chi connectivity index (χ0) is 11.8. The topological polar surface area (TPSA) is 78.4 Å². The van der Waals surface area contributed by atoms with E-state index in [0.717, 1.165) is 12.8 Å². The normalized spacial score (nSPS) is 16.1. The number of hydrogen-bond donors (Lipinski definition) is 3. The zero-order valence-electron chi connectivity index (χ0n) is 8.90. The van der Waals surface area contributed by atoms with Crippen LogP contribution in [0.2, 0.25) is 0 Å². The molecule has 6 heteroatoms. The average Bonchev–Trinajstić information content (AvgIpc) is 2.95. The van der Waals surface area contributed by atoms with Crippen molar-refractivity contribution in [1.82, 2.24) is 4.72 Å². The second-order valence-corrected chi connectivity index (χ2v) is 5.41. The van der Waals surface area contributed by atoms with Gasteiger partial charge < -0.3 is 5.11 Å². The molecule has 0 amide bonds.